The highest BCUT2D eigenvalue weighted by Gasteiger charge is 2.38. The Balaban J connectivity index is 1.79. The zero-order chi connectivity index (χ0) is 19.8. The summed E-state index contributed by atoms with van der Waals surface area (Å²) in [5, 5.41) is 3.29. The Kier molecular flexibility index (Phi) is 4.94. The van der Waals surface area contributed by atoms with Crippen molar-refractivity contribution in [3.8, 4) is 0 Å². The number of nitrogens with zero attached hydrogens (tertiary/aromatic N) is 1. The Hall–Kier alpha value is -2.49. The molecule has 0 aliphatic carbocycles. The summed E-state index contributed by atoms with van der Waals surface area (Å²) in [6, 6.07) is 3.58. The molecule has 146 valence electrons. The van der Waals surface area contributed by atoms with E-state index in [1.54, 1.807) is 0 Å². The minimum absolute atomic E-state index is 0.108. The van der Waals surface area contributed by atoms with E-state index in [2.05, 4.69) is 5.32 Å². The fourth-order valence-electron chi connectivity index (χ4n) is 2.98. The average Bonchev–Trinajstić information content (AvgIpc) is 2.97. The number of nitrogens with one attached hydrogen (secondary N) is 1. The molecule has 10 heteroatoms. The molecule has 2 amide bonds. The van der Waals surface area contributed by atoms with Gasteiger partial charge in [-0.1, -0.05) is 6.07 Å². The lowest BCUT2D eigenvalue weighted by Gasteiger charge is -2.26. The Bertz CT molecular complexity index is 918. The molecular formula is C17H18F2N2O5S. The predicted octanol–water partition coefficient (Wildman–Crippen LogP) is 1.78. The lowest BCUT2D eigenvalue weighted by atomic mass is 9.92. The molecule has 0 radical (unpaired) electrons. The molecule has 2 aliphatic heterocycles. The van der Waals surface area contributed by atoms with Crippen LogP contribution in [0.4, 0.5) is 19.3 Å². The zero-order valence-electron chi connectivity index (χ0n) is 14.4. The average molecular weight is 400 g/mol. The van der Waals surface area contributed by atoms with Gasteiger partial charge in [-0.05, 0) is 18.2 Å². The Labute approximate surface area is 154 Å². The summed E-state index contributed by atoms with van der Waals surface area (Å²) in [4.78, 5) is 24.1. The van der Waals surface area contributed by atoms with Gasteiger partial charge in [-0.3, -0.25) is 9.69 Å². The third-order valence-electron chi connectivity index (χ3n) is 4.45. The highest BCUT2D eigenvalue weighted by Crippen LogP contribution is 2.38. The van der Waals surface area contributed by atoms with Crippen molar-refractivity contribution in [1.29, 1.82) is 0 Å². The van der Waals surface area contributed by atoms with Gasteiger partial charge >= 0.3 is 6.09 Å². The van der Waals surface area contributed by atoms with Crippen molar-refractivity contribution in [2.75, 3.05) is 23.7 Å². The number of allylic oxidation sites excluding steroid dienone is 1. The topological polar surface area (TPSA) is 92.8 Å². The summed E-state index contributed by atoms with van der Waals surface area (Å²) in [5.74, 6) is -1.57. The van der Waals surface area contributed by atoms with E-state index in [0.717, 1.165) is 17.6 Å². The number of carbonyl (C=O) groups excluding carboxylic acids is 2. The molecule has 2 aliphatic rings. The van der Waals surface area contributed by atoms with Gasteiger partial charge in [0.15, 0.2) is 15.5 Å². The first-order valence-corrected chi connectivity index (χ1v) is 9.95. The Morgan fingerprint density at radius 1 is 1.44 bits per heavy atom. The highest BCUT2D eigenvalue weighted by atomic mass is 32.2. The van der Waals surface area contributed by atoms with E-state index < -0.39 is 39.3 Å². The van der Waals surface area contributed by atoms with Crippen molar-refractivity contribution in [3.63, 3.8) is 0 Å². The quantitative estimate of drug-likeness (QED) is 0.832. The minimum atomic E-state index is -3.46. The number of hydrogen-bond donors (Lipinski definition) is 1. The summed E-state index contributed by atoms with van der Waals surface area (Å²) >= 11 is 0. The maximum absolute atomic E-state index is 15.0. The van der Waals surface area contributed by atoms with Crippen LogP contribution < -0.4 is 10.2 Å². The first kappa shape index (κ1) is 19.3. The first-order valence-electron chi connectivity index (χ1n) is 8.23. The number of benzene rings is 1. The number of carbonyl (C=O) groups is 2. The normalized spacial score (nSPS) is 26.7. The molecule has 0 bridgehead atoms. The molecule has 1 aromatic rings. The lowest BCUT2D eigenvalue weighted by Crippen LogP contribution is -2.33. The molecule has 1 saturated heterocycles. The van der Waals surface area contributed by atoms with Gasteiger partial charge in [0.25, 0.3) is 0 Å². The molecule has 0 spiro atoms. The van der Waals surface area contributed by atoms with Gasteiger partial charge in [0.05, 0.1) is 24.5 Å². The zero-order valence-corrected chi connectivity index (χ0v) is 15.3. The minimum Gasteiger partial charge on any atom is -0.442 e. The lowest BCUT2D eigenvalue weighted by molar-refractivity contribution is -0.119. The Morgan fingerprint density at radius 2 is 2.19 bits per heavy atom. The maximum Gasteiger partial charge on any atom is 0.414 e. The van der Waals surface area contributed by atoms with Crippen molar-refractivity contribution in [2.24, 2.45) is 0 Å². The predicted molar refractivity (Wildman–Crippen MR) is 93.0 cm³/mol. The van der Waals surface area contributed by atoms with Gasteiger partial charge in [-0.15, -0.1) is 0 Å². The van der Waals surface area contributed by atoms with Gasteiger partial charge in [0, 0.05) is 24.3 Å². The van der Waals surface area contributed by atoms with Crippen LogP contribution in [-0.2, 0) is 25.0 Å². The van der Waals surface area contributed by atoms with E-state index in [-0.39, 0.29) is 36.7 Å². The van der Waals surface area contributed by atoms with Crippen LogP contribution in [0.3, 0.4) is 0 Å². The SMILES string of the molecule is CC(=O)NCC1CN(c2ccc(C3(F)C=CS(=O)(=O)CC3)c(F)c2)C(=O)O1. The summed E-state index contributed by atoms with van der Waals surface area (Å²) < 4.78 is 57.5. The van der Waals surface area contributed by atoms with E-state index in [0.29, 0.717) is 0 Å². The molecule has 3 rings (SSSR count). The number of rotatable bonds is 4. The van der Waals surface area contributed by atoms with Crippen LogP contribution in [0.1, 0.15) is 18.9 Å². The van der Waals surface area contributed by atoms with E-state index in [4.69, 9.17) is 4.74 Å². The summed E-state index contributed by atoms with van der Waals surface area (Å²) in [7, 11) is -3.46. The van der Waals surface area contributed by atoms with Crippen LogP contribution in [0.2, 0.25) is 0 Å². The number of cyclic esters (lactones) is 1. The largest absolute Gasteiger partial charge is 0.442 e. The van der Waals surface area contributed by atoms with Gasteiger partial charge in [0.2, 0.25) is 5.91 Å². The Morgan fingerprint density at radius 3 is 2.78 bits per heavy atom. The number of halogens is 2. The molecule has 2 heterocycles. The fraction of sp³-hybridized carbons (Fsp3) is 0.412. The number of amides is 2. The molecule has 27 heavy (non-hydrogen) atoms. The van der Waals surface area contributed by atoms with Crippen molar-refractivity contribution >= 4 is 27.5 Å². The molecule has 2 unspecified atom stereocenters. The van der Waals surface area contributed by atoms with E-state index >= 15 is 0 Å². The molecule has 1 aromatic carbocycles. The molecule has 1 fully saturated rings. The second kappa shape index (κ2) is 6.91. The van der Waals surface area contributed by atoms with Crippen molar-refractivity contribution < 1.29 is 31.5 Å². The summed E-state index contributed by atoms with van der Waals surface area (Å²) in [5.41, 5.74) is -2.34. The van der Waals surface area contributed by atoms with Crippen molar-refractivity contribution in [1.82, 2.24) is 5.32 Å². The van der Waals surface area contributed by atoms with Gasteiger partial charge in [-0.25, -0.2) is 22.0 Å². The number of hydrogen-bond acceptors (Lipinski definition) is 5. The van der Waals surface area contributed by atoms with Crippen molar-refractivity contribution in [3.05, 3.63) is 41.1 Å². The third-order valence-corrected chi connectivity index (χ3v) is 5.78. The van der Waals surface area contributed by atoms with Crippen LogP contribution in [0.25, 0.3) is 0 Å². The van der Waals surface area contributed by atoms with E-state index in [1.165, 1.54) is 24.0 Å². The van der Waals surface area contributed by atoms with E-state index in [9.17, 15) is 26.8 Å². The van der Waals surface area contributed by atoms with E-state index in [1.807, 2.05) is 0 Å². The number of anilines is 1. The van der Waals surface area contributed by atoms with Crippen LogP contribution in [0, 0.1) is 5.82 Å². The molecule has 0 aromatic heterocycles. The molecular weight excluding hydrogens is 382 g/mol. The van der Waals surface area contributed by atoms with Crippen LogP contribution in [-0.4, -0.2) is 45.4 Å². The monoisotopic (exact) mass is 400 g/mol. The van der Waals surface area contributed by atoms with Crippen molar-refractivity contribution in [2.45, 2.75) is 25.1 Å². The molecule has 7 nitrogen and oxygen atoms in total. The first-order chi connectivity index (χ1) is 12.6. The number of ether oxygens (including phenoxy) is 1. The van der Waals surface area contributed by atoms with Gasteiger partial charge in [0.1, 0.15) is 11.9 Å². The van der Waals surface area contributed by atoms with Crippen LogP contribution in [0.5, 0.6) is 0 Å². The number of sulfone groups is 1. The van der Waals surface area contributed by atoms with Gasteiger partial charge < -0.3 is 10.1 Å². The van der Waals surface area contributed by atoms with Crippen LogP contribution in [0.15, 0.2) is 29.7 Å². The number of alkyl halides is 1. The third kappa shape index (κ3) is 4.10. The molecule has 1 N–H and O–H groups in total. The fourth-order valence-corrected chi connectivity index (χ4v) is 4.12. The smallest absolute Gasteiger partial charge is 0.414 e. The summed E-state index contributed by atoms with van der Waals surface area (Å²) in [6.45, 7) is 1.57. The highest BCUT2D eigenvalue weighted by molar-refractivity contribution is 7.94. The summed E-state index contributed by atoms with van der Waals surface area (Å²) in [6.07, 6.45) is -0.816. The second-order valence-corrected chi connectivity index (χ2v) is 8.51. The second-order valence-electron chi connectivity index (χ2n) is 6.50. The maximum atomic E-state index is 15.0. The van der Waals surface area contributed by atoms with Gasteiger partial charge in [-0.2, -0.15) is 0 Å². The molecule has 2 atom stereocenters. The van der Waals surface area contributed by atoms with Crippen LogP contribution >= 0.6 is 0 Å². The standard InChI is InChI=1S/C17H18F2N2O5S/c1-11(22)20-9-13-10-21(16(23)26-13)12-2-3-14(15(18)8-12)17(19)4-6-27(24,25)7-5-17/h2-4,6,8,13H,5,7,9-10H2,1H3,(H,20,22). The molecule has 0 saturated carbocycles.